The second-order valence-corrected chi connectivity index (χ2v) is 9.81. The average Bonchev–Trinajstić information content (AvgIpc) is 2.74. The van der Waals surface area contributed by atoms with Gasteiger partial charge in [-0.1, -0.05) is 24.3 Å². The van der Waals surface area contributed by atoms with E-state index in [9.17, 15) is 32.7 Å². The number of rotatable bonds is 5. The molecule has 10 heteroatoms. The van der Waals surface area contributed by atoms with Crippen LogP contribution in [0.15, 0.2) is 36.4 Å². The van der Waals surface area contributed by atoms with Crippen molar-refractivity contribution in [2.45, 2.75) is 64.3 Å². The highest BCUT2D eigenvalue weighted by Crippen LogP contribution is 2.40. The van der Waals surface area contributed by atoms with Gasteiger partial charge in [-0.05, 0) is 75.3 Å². The molecular formula is C25H29F3N2O5. The number of amides is 2. The fourth-order valence-corrected chi connectivity index (χ4v) is 4.33. The Kier molecular flexibility index (Phi) is 7.62. The molecule has 2 amide bonds. The van der Waals surface area contributed by atoms with Crippen LogP contribution in [-0.4, -0.2) is 40.9 Å². The predicted octanol–water partition coefficient (Wildman–Crippen LogP) is 5.74. The van der Waals surface area contributed by atoms with Crippen LogP contribution in [0.5, 0.6) is 0 Å². The number of hydrogen-bond acceptors (Lipinski definition) is 4. The van der Waals surface area contributed by atoms with Crippen molar-refractivity contribution in [3.05, 3.63) is 42.0 Å². The summed E-state index contributed by atoms with van der Waals surface area (Å²) < 4.78 is 44.3. The summed E-state index contributed by atoms with van der Waals surface area (Å²) in [7, 11) is 0. The summed E-state index contributed by atoms with van der Waals surface area (Å²) in [6, 6.07) is 8.85. The molecule has 3 rings (SSSR count). The summed E-state index contributed by atoms with van der Waals surface area (Å²) in [5.41, 5.74) is -0.641. The molecule has 1 aliphatic carbocycles. The number of benzene rings is 2. The Balaban J connectivity index is 1.85. The highest BCUT2D eigenvalue weighted by molar-refractivity contribution is 6.07. The topological polar surface area (TPSA) is 105 Å². The number of fused-ring (bicyclic) bond motifs is 1. The van der Waals surface area contributed by atoms with Crippen LogP contribution in [0.25, 0.3) is 10.8 Å². The number of carboxylic acids is 1. The van der Waals surface area contributed by atoms with Crippen molar-refractivity contribution in [3.8, 4) is 0 Å². The molecule has 1 aliphatic rings. The molecule has 1 unspecified atom stereocenters. The maximum absolute atomic E-state index is 13.2. The third-order valence-electron chi connectivity index (χ3n) is 6.02. The quantitative estimate of drug-likeness (QED) is 0.492. The van der Waals surface area contributed by atoms with E-state index < -0.39 is 47.6 Å². The van der Waals surface area contributed by atoms with Gasteiger partial charge in [-0.2, -0.15) is 13.2 Å². The van der Waals surface area contributed by atoms with Crippen LogP contribution in [0.2, 0.25) is 0 Å². The molecule has 0 spiro atoms. The SMILES string of the molecule is CC(C)(C)OC(=O)Nc1cc2ccccc2cc1C(=O)NC(C(=O)O)[C@H]1CC[C@H](C(F)(F)F)CC1. The Hall–Kier alpha value is -3.30. The van der Waals surface area contributed by atoms with Crippen molar-refractivity contribution >= 4 is 34.4 Å². The van der Waals surface area contributed by atoms with E-state index >= 15 is 0 Å². The van der Waals surface area contributed by atoms with E-state index in [0.29, 0.717) is 5.39 Å². The maximum Gasteiger partial charge on any atom is 0.412 e. The lowest BCUT2D eigenvalue weighted by Gasteiger charge is -2.33. The number of carbonyl (C=O) groups is 3. The first-order chi connectivity index (χ1) is 16.2. The zero-order valence-electron chi connectivity index (χ0n) is 19.7. The first kappa shape index (κ1) is 26.3. The van der Waals surface area contributed by atoms with E-state index in [1.54, 1.807) is 51.1 Å². The maximum atomic E-state index is 13.2. The van der Waals surface area contributed by atoms with E-state index in [0.717, 1.165) is 5.39 Å². The van der Waals surface area contributed by atoms with Gasteiger partial charge in [0.2, 0.25) is 0 Å². The molecule has 2 aromatic rings. The number of aliphatic carboxylic acids is 1. The first-order valence-electron chi connectivity index (χ1n) is 11.4. The van der Waals surface area contributed by atoms with Crippen LogP contribution >= 0.6 is 0 Å². The Morgan fingerprint density at radius 3 is 2.09 bits per heavy atom. The summed E-state index contributed by atoms with van der Waals surface area (Å²) in [4.78, 5) is 37.5. The zero-order chi connectivity index (χ0) is 26.0. The van der Waals surface area contributed by atoms with Crippen LogP contribution in [0.3, 0.4) is 0 Å². The largest absolute Gasteiger partial charge is 0.480 e. The number of ether oxygens (including phenoxy) is 1. The predicted molar refractivity (Wildman–Crippen MR) is 124 cm³/mol. The van der Waals surface area contributed by atoms with E-state index in [-0.39, 0.29) is 36.9 Å². The Morgan fingerprint density at radius 2 is 1.57 bits per heavy atom. The van der Waals surface area contributed by atoms with Crippen LogP contribution in [0.1, 0.15) is 56.8 Å². The van der Waals surface area contributed by atoms with E-state index in [1.807, 2.05) is 0 Å². The number of nitrogens with one attached hydrogen (secondary N) is 2. The van der Waals surface area contributed by atoms with Gasteiger partial charge < -0.3 is 15.2 Å². The highest BCUT2D eigenvalue weighted by Gasteiger charge is 2.43. The summed E-state index contributed by atoms with van der Waals surface area (Å²) >= 11 is 0. The monoisotopic (exact) mass is 494 g/mol. The summed E-state index contributed by atoms with van der Waals surface area (Å²) in [5.74, 6) is -4.19. The lowest BCUT2D eigenvalue weighted by atomic mass is 9.78. The second-order valence-electron chi connectivity index (χ2n) is 9.81. The molecule has 7 nitrogen and oxygen atoms in total. The zero-order valence-corrected chi connectivity index (χ0v) is 19.7. The number of halogens is 3. The molecule has 0 heterocycles. The van der Waals surface area contributed by atoms with Crippen LogP contribution < -0.4 is 10.6 Å². The molecule has 1 fully saturated rings. The Morgan fingerprint density at radius 1 is 1.00 bits per heavy atom. The molecule has 0 saturated heterocycles. The van der Waals surface area contributed by atoms with Gasteiger partial charge in [0.25, 0.3) is 5.91 Å². The van der Waals surface area contributed by atoms with Gasteiger partial charge in [-0.15, -0.1) is 0 Å². The standard InChI is InChI=1S/C25H29F3N2O5/c1-24(2,3)35-23(34)29-19-13-16-7-5-4-6-15(16)12-18(19)21(31)30-20(22(32)33)14-8-10-17(11-9-14)25(26,27)28/h4-7,12-14,17,20H,8-11H2,1-3H3,(H,29,34)(H,30,31)(H,32,33)/t14-,17-,20?. The molecule has 0 aliphatic heterocycles. The van der Waals surface area contributed by atoms with Crippen molar-refractivity contribution in [1.82, 2.24) is 5.32 Å². The number of alkyl halides is 3. The van der Waals surface area contributed by atoms with Gasteiger partial charge >= 0.3 is 18.2 Å². The number of carbonyl (C=O) groups excluding carboxylic acids is 2. The molecular weight excluding hydrogens is 465 g/mol. The van der Waals surface area contributed by atoms with Gasteiger partial charge in [0, 0.05) is 0 Å². The lowest BCUT2D eigenvalue weighted by molar-refractivity contribution is -0.184. The summed E-state index contributed by atoms with van der Waals surface area (Å²) in [5, 5.41) is 16.2. The average molecular weight is 495 g/mol. The van der Waals surface area contributed by atoms with Gasteiger partial charge in [0.1, 0.15) is 11.6 Å². The van der Waals surface area contributed by atoms with E-state index in [1.165, 1.54) is 6.07 Å². The molecule has 0 aromatic heterocycles. The fourth-order valence-electron chi connectivity index (χ4n) is 4.33. The molecule has 1 atom stereocenters. The van der Waals surface area contributed by atoms with E-state index in [4.69, 9.17) is 4.74 Å². The van der Waals surface area contributed by atoms with Crippen molar-refractivity contribution in [1.29, 1.82) is 0 Å². The van der Waals surface area contributed by atoms with Gasteiger partial charge in [-0.3, -0.25) is 10.1 Å². The fraction of sp³-hybridized carbons (Fsp3) is 0.480. The van der Waals surface area contributed by atoms with Gasteiger partial charge in [-0.25, -0.2) is 9.59 Å². The molecule has 0 bridgehead atoms. The van der Waals surface area contributed by atoms with Crippen LogP contribution in [0, 0.1) is 11.8 Å². The number of carboxylic acid groups (broad SMARTS) is 1. The first-order valence-corrected chi connectivity index (χ1v) is 11.4. The Bertz CT molecular complexity index is 1100. The third-order valence-corrected chi connectivity index (χ3v) is 6.02. The minimum atomic E-state index is -4.32. The summed E-state index contributed by atoms with van der Waals surface area (Å²) in [6.45, 7) is 5.06. The van der Waals surface area contributed by atoms with Crippen LogP contribution in [-0.2, 0) is 9.53 Å². The summed E-state index contributed by atoms with van der Waals surface area (Å²) in [6.07, 6.45) is -5.42. The molecule has 2 aromatic carbocycles. The normalized spacial score (nSPS) is 19.6. The highest BCUT2D eigenvalue weighted by atomic mass is 19.4. The molecule has 1 saturated carbocycles. The van der Waals surface area contributed by atoms with Crippen LogP contribution in [0.4, 0.5) is 23.7 Å². The molecule has 0 radical (unpaired) electrons. The third kappa shape index (κ3) is 6.86. The van der Waals surface area contributed by atoms with E-state index in [2.05, 4.69) is 10.6 Å². The smallest absolute Gasteiger partial charge is 0.412 e. The Labute approximate surface area is 201 Å². The van der Waals surface area contributed by atoms with Gasteiger partial charge in [0.15, 0.2) is 0 Å². The van der Waals surface area contributed by atoms with Crippen molar-refractivity contribution in [2.24, 2.45) is 11.8 Å². The number of hydrogen-bond donors (Lipinski definition) is 3. The van der Waals surface area contributed by atoms with Crippen molar-refractivity contribution < 1.29 is 37.4 Å². The lowest BCUT2D eigenvalue weighted by Crippen LogP contribution is -2.47. The van der Waals surface area contributed by atoms with Crippen molar-refractivity contribution in [3.63, 3.8) is 0 Å². The molecule has 35 heavy (non-hydrogen) atoms. The minimum absolute atomic E-state index is 0.0183. The van der Waals surface area contributed by atoms with Gasteiger partial charge in [0.05, 0.1) is 17.2 Å². The second kappa shape index (κ2) is 10.1. The number of anilines is 1. The minimum Gasteiger partial charge on any atom is -0.480 e. The molecule has 3 N–H and O–H groups in total. The van der Waals surface area contributed by atoms with Crippen molar-refractivity contribution in [2.75, 3.05) is 5.32 Å². The molecule has 190 valence electrons.